The monoisotopic (exact) mass is 750 g/mol. The smallest absolute Gasteiger partial charge is 0.354 e. The van der Waals surface area contributed by atoms with Gasteiger partial charge < -0.3 is 19.6 Å². The van der Waals surface area contributed by atoms with Crippen LogP contribution in [0.1, 0.15) is 61.1 Å². The predicted octanol–water partition coefficient (Wildman–Crippen LogP) is 8.60. The molecule has 12 heteroatoms. The molecular formula is C42H51F5N6O. The van der Waals surface area contributed by atoms with Gasteiger partial charge >= 0.3 is 6.18 Å². The summed E-state index contributed by atoms with van der Waals surface area (Å²) >= 11 is 0. The van der Waals surface area contributed by atoms with Crippen molar-refractivity contribution in [1.29, 1.82) is 0 Å². The molecule has 2 aromatic carbocycles. The number of hydrogen-bond donors (Lipinski definition) is 0. The van der Waals surface area contributed by atoms with Gasteiger partial charge in [-0.05, 0) is 107 Å². The standard InChI is InChI=1S/C42H51F5N6O/c1-30-13-7-8-15-35(30)36-28-38(53-23-21-51(5)22-24-53)49-29-37(36)52(6)39(54)40(2,3)31-25-32(27-33(26-31)42(45,46)47)41(43,44)17-10-12-19-50(4)20-16-34-14-9-11-18-48-34/h7-9,11,13-15,18,25-29H,10,12,16-17,19-24H2,1-6H3. The lowest BCUT2D eigenvalue weighted by Gasteiger charge is -2.35. The van der Waals surface area contributed by atoms with Crippen molar-refractivity contribution < 1.29 is 26.7 Å². The average Bonchev–Trinajstić information content (AvgIpc) is 3.15. The lowest BCUT2D eigenvalue weighted by molar-refractivity contribution is -0.138. The van der Waals surface area contributed by atoms with Crippen LogP contribution in [0, 0.1) is 6.92 Å². The largest absolute Gasteiger partial charge is 0.416 e. The number of halogens is 5. The van der Waals surface area contributed by atoms with Gasteiger partial charge in [0.1, 0.15) is 5.82 Å². The van der Waals surface area contributed by atoms with Crippen molar-refractivity contribution in [1.82, 2.24) is 19.8 Å². The van der Waals surface area contributed by atoms with Crippen molar-refractivity contribution in [3.8, 4) is 11.1 Å². The molecule has 1 aliphatic heterocycles. The van der Waals surface area contributed by atoms with Crippen LogP contribution in [0.5, 0.6) is 0 Å². The molecule has 2 aromatic heterocycles. The zero-order chi connectivity index (χ0) is 39.3. The van der Waals surface area contributed by atoms with Crippen LogP contribution >= 0.6 is 0 Å². The third-order valence-corrected chi connectivity index (χ3v) is 10.5. The number of anilines is 2. The topological polar surface area (TPSA) is 55.8 Å². The van der Waals surface area contributed by atoms with Crippen LogP contribution in [-0.4, -0.2) is 86.1 Å². The molecule has 1 aliphatic rings. The average molecular weight is 751 g/mol. The molecule has 1 saturated heterocycles. The molecule has 1 fully saturated rings. The summed E-state index contributed by atoms with van der Waals surface area (Å²) in [4.78, 5) is 31.3. The minimum Gasteiger partial charge on any atom is -0.354 e. The fourth-order valence-electron chi connectivity index (χ4n) is 6.86. The molecule has 290 valence electrons. The third-order valence-electron chi connectivity index (χ3n) is 10.5. The number of benzene rings is 2. The van der Waals surface area contributed by atoms with E-state index in [2.05, 4.69) is 21.8 Å². The number of piperazine rings is 1. The Morgan fingerprint density at radius 1 is 0.796 bits per heavy atom. The molecule has 0 radical (unpaired) electrons. The summed E-state index contributed by atoms with van der Waals surface area (Å²) in [6, 6.07) is 17.8. The lowest BCUT2D eigenvalue weighted by atomic mass is 9.80. The Bertz CT molecular complexity index is 1870. The lowest BCUT2D eigenvalue weighted by Crippen LogP contribution is -2.45. The Kier molecular flexibility index (Phi) is 12.8. The maximum Gasteiger partial charge on any atom is 0.416 e. The van der Waals surface area contributed by atoms with Gasteiger partial charge in [0.25, 0.3) is 5.92 Å². The highest BCUT2D eigenvalue weighted by molar-refractivity contribution is 6.03. The molecule has 0 bridgehead atoms. The quantitative estimate of drug-likeness (QED) is 0.0951. The summed E-state index contributed by atoms with van der Waals surface area (Å²) in [7, 11) is 5.52. The van der Waals surface area contributed by atoms with E-state index in [9.17, 15) is 18.0 Å². The second kappa shape index (κ2) is 16.9. The van der Waals surface area contributed by atoms with Gasteiger partial charge in [-0.25, -0.2) is 13.8 Å². The van der Waals surface area contributed by atoms with Gasteiger partial charge in [-0.1, -0.05) is 30.3 Å². The van der Waals surface area contributed by atoms with Crippen molar-refractivity contribution >= 4 is 17.4 Å². The Morgan fingerprint density at radius 2 is 1.46 bits per heavy atom. The highest BCUT2D eigenvalue weighted by Crippen LogP contribution is 2.42. The van der Waals surface area contributed by atoms with Gasteiger partial charge in [0, 0.05) is 75.6 Å². The van der Waals surface area contributed by atoms with Crippen molar-refractivity contribution in [2.24, 2.45) is 0 Å². The van der Waals surface area contributed by atoms with Crippen LogP contribution in [0.4, 0.5) is 33.5 Å². The second-order valence-electron chi connectivity index (χ2n) is 15.0. The van der Waals surface area contributed by atoms with Crippen molar-refractivity contribution in [2.75, 3.05) is 70.2 Å². The van der Waals surface area contributed by atoms with Gasteiger partial charge in [0.2, 0.25) is 5.91 Å². The van der Waals surface area contributed by atoms with Crippen molar-refractivity contribution in [3.63, 3.8) is 0 Å². The molecule has 0 aliphatic carbocycles. The fraction of sp³-hybridized carbons (Fsp3) is 0.452. The van der Waals surface area contributed by atoms with E-state index in [0.29, 0.717) is 31.3 Å². The van der Waals surface area contributed by atoms with Gasteiger partial charge in [0.15, 0.2) is 0 Å². The van der Waals surface area contributed by atoms with Crippen LogP contribution in [0.25, 0.3) is 11.1 Å². The summed E-state index contributed by atoms with van der Waals surface area (Å²) < 4.78 is 74.4. The van der Waals surface area contributed by atoms with E-state index in [4.69, 9.17) is 4.98 Å². The summed E-state index contributed by atoms with van der Waals surface area (Å²) in [5.41, 5.74) is 0.257. The van der Waals surface area contributed by atoms with Crippen LogP contribution in [0.2, 0.25) is 0 Å². The summed E-state index contributed by atoms with van der Waals surface area (Å²) in [6.45, 7) is 9.48. The molecular weight excluding hydrogens is 699 g/mol. The van der Waals surface area contributed by atoms with E-state index in [-0.39, 0.29) is 12.0 Å². The molecule has 7 nitrogen and oxygen atoms in total. The van der Waals surface area contributed by atoms with Gasteiger partial charge in [-0.15, -0.1) is 0 Å². The maximum absolute atomic E-state index is 15.8. The molecule has 4 aromatic rings. The summed E-state index contributed by atoms with van der Waals surface area (Å²) in [5.74, 6) is -3.35. The molecule has 1 amide bonds. The highest BCUT2D eigenvalue weighted by Gasteiger charge is 2.41. The first kappa shape index (κ1) is 40.8. The molecule has 0 unspecified atom stereocenters. The number of alkyl halides is 5. The number of unbranched alkanes of at least 4 members (excludes halogenated alkanes) is 1. The van der Waals surface area contributed by atoms with Gasteiger partial charge in [-0.2, -0.15) is 13.2 Å². The Morgan fingerprint density at radius 3 is 2.13 bits per heavy atom. The molecule has 0 atom stereocenters. The molecule has 0 N–H and O–H groups in total. The van der Waals surface area contributed by atoms with E-state index in [1.165, 1.54) is 18.7 Å². The van der Waals surface area contributed by atoms with Crippen LogP contribution < -0.4 is 9.80 Å². The first-order chi connectivity index (χ1) is 25.5. The second-order valence-corrected chi connectivity index (χ2v) is 15.0. The Hall–Kier alpha value is -4.42. The van der Waals surface area contributed by atoms with Crippen LogP contribution in [0.15, 0.2) is 79.1 Å². The minimum absolute atomic E-state index is 0.108. The number of amides is 1. The highest BCUT2D eigenvalue weighted by atomic mass is 19.4. The molecule has 5 rings (SSSR count). The number of aryl methyl sites for hydroxylation is 1. The van der Waals surface area contributed by atoms with E-state index in [1.807, 2.05) is 67.4 Å². The van der Waals surface area contributed by atoms with Gasteiger partial charge in [-0.3, -0.25) is 9.78 Å². The molecule has 0 saturated carbocycles. The van der Waals surface area contributed by atoms with Crippen LogP contribution in [-0.2, 0) is 28.7 Å². The zero-order valence-electron chi connectivity index (χ0n) is 32.1. The number of likely N-dealkylation sites (N-methyl/N-ethyl adjacent to an activating group) is 3. The van der Waals surface area contributed by atoms with E-state index < -0.39 is 41.0 Å². The molecule has 0 spiro atoms. The first-order valence-corrected chi connectivity index (χ1v) is 18.4. The zero-order valence-corrected chi connectivity index (χ0v) is 32.1. The first-order valence-electron chi connectivity index (χ1n) is 18.4. The number of carbonyl (C=O) groups excluding carboxylic acids is 1. The van der Waals surface area contributed by atoms with Crippen molar-refractivity contribution in [3.05, 3.63) is 107 Å². The molecule has 54 heavy (non-hydrogen) atoms. The number of hydrogen-bond acceptors (Lipinski definition) is 6. The Labute approximate surface area is 315 Å². The van der Waals surface area contributed by atoms with E-state index in [1.54, 1.807) is 19.4 Å². The number of carbonyl (C=O) groups is 1. The minimum atomic E-state index is -4.90. The van der Waals surface area contributed by atoms with Crippen molar-refractivity contribution in [2.45, 2.75) is 64.0 Å². The van der Waals surface area contributed by atoms with Crippen LogP contribution in [0.3, 0.4) is 0 Å². The fourth-order valence-corrected chi connectivity index (χ4v) is 6.86. The van der Waals surface area contributed by atoms with E-state index in [0.717, 1.165) is 72.9 Å². The number of aromatic nitrogens is 2. The number of rotatable bonds is 14. The Balaban J connectivity index is 1.38. The van der Waals surface area contributed by atoms with Gasteiger partial charge in [0.05, 0.1) is 22.9 Å². The SMILES string of the molecule is Cc1ccccc1-c1cc(N2CCN(C)CC2)ncc1N(C)C(=O)C(C)(C)c1cc(C(F)(F)F)cc(C(F)(F)CCCCN(C)CCc2ccccn2)c1. The number of pyridine rings is 2. The normalized spacial score (nSPS) is 14.5. The number of nitrogens with zero attached hydrogens (tertiary/aromatic N) is 6. The molecule has 3 heterocycles. The summed E-state index contributed by atoms with van der Waals surface area (Å²) in [6.07, 6.45) is -0.916. The van der Waals surface area contributed by atoms with E-state index >= 15 is 8.78 Å². The predicted molar refractivity (Wildman–Crippen MR) is 205 cm³/mol. The maximum atomic E-state index is 15.8. The summed E-state index contributed by atoms with van der Waals surface area (Å²) in [5, 5.41) is 0. The third kappa shape index (κ3) is 9.81.